The van der Waals surface area contributed by atoms with E-state index in [1.165, 1.54) is 0 Å². The molecule has 0 aliphatic carbocycles. The molecular formula is C5H13Cl2O2PSi. The van der Waals surface area contributed by atoms with Crippen molar-refractivity contribution in [2.24, 2.45) is 0 Å². The number of hydrogen-bond donors (Lipinski definition) is 0. The molecule has 0 aromatic rings. The maximum Gasteiger partial charge on any atom is 0.222 e. The van der Waals surface area contributed by atoms with Gasteiger partial charge in [-0.15, -0.1) is 23.2 Å². The van der Waals surface area contributed by atoms with Gasteiger partial charge in [0.05, 0.1) is 11.2 Å². The first kappa shape index (κ1) is 12.0. The van der Waals surface area contributed by atoms with Gasteiger partial charge in [-0.25, -0.2) is 0 Å². The number of rotatable bonds is 4. The van der Waals surface area contributed by atoms with E-state index >= 15 is 0 Å². The Balaban J connectivity index is 4.21. The zero-order valence-corrected chi connectivity index (χ0v) is 10.3. The third-order valence-electron chi connectivity index (χ3n) is 0.804. The third kappa shape index (κ3) is 5.26. The molecule has 0 amide bonds. The molecular weight excluding hydrogens is 222 g/mol. The zero-order chi connectivity index (χ0) is 9.12. The zero-order valence-electron chi connectivity index (χ0n) is 6.93. The van der Waals surface area contributed by atoms with Gasteiger partial charge in [0.1, 0.15) is 0 Å². The minimum absolute atomic E-state index is 0.0147. The summed E-state index contributed by atoms with van der Waals surface area (Å²) in [6, 6.07) is 0. The van der Waals surface area contributed by atoms with E-state index < -0.39 is 15.7 Å². The Morgan fingerprint density at radius 1 is 1.27 bits per heavy atom. The summed E-state index contributed by atoms with van der Waals surface area (Å²) in [6.07, 6.45) is 0. The second kappa shape index (κ2) is 4.29. The third-order valence-corrected chi connectivity index (χ3v) is 7.24. The topological polar surface area (TPSA) is 26.3 Å². The van der Waals surface area contributed by atoms with E-state index in [4.69, 9.17) is 27.4 Å². The standard InChI is InChI=1S/C5H13Cl2O2PSi/c1-11(2,3)9-10(8,4-6)5-7/h4-5H2,1-3H3. The Morgan fingerprint density at radius 2 is 1.64 bits per heavy atom. The van der Waals surface area contributed by atoms with Crippen LogP contribution >= 0.6 is 30.6 Å². The fraction of sp³-hybridized carbons (Fsp3) is 1.00. The minimum atomic E-state index is -2.71. The van der Waals surface area contributed by atoms with E-state index in [1.54, 1.807) is 0 Å². The number of halogens is 2. The molecule has 0 saturated heterocycles. The van der Waals surface area contributed by atoms with Crippen LogP contribution in [0.3, 0.4) is 0 Å². The van der Waals surface area contributed by atoms with E-state index in [1.807, 2.05) is 19.6 Å². The predicted molar refractivity (Wildman–Crippen MR) is 53.5 cm³/mol. The van der Waals surface area contributed by atoms with Crippen LogP contribution in [0, 0.1) is 0 Å². The second-order valence-corrected chi connectivity index (χ2v) is 11.8. The van der Waals surface area contributed by atoms with Crippen molar-refractivity contribution >= 4 is 38.9 Å². The molecule has 0 radical (unpaired) electrons. The van der Waals surface area contributed by atoms with Crippen LogP contribution in [0.1, 0.15) is 0 Å². The second-order valence-electron chi connectivity index (χ2n) is 3.26. The van der Waals surface area contributed by atoms with Gasteiger partial charge in [-0.05, 0) is 19.6 Å². The van der Waals surface area contributed by atoms with Crippen molar-refractivity contribution in [1.29, 1.82) is 0 Å². The molecule has 0 aliphatic rings. The molecule has 11 heavy (non-hydrogen) atoms. The van der Waals surface area contributed by atoms with Crippen molar-refractivity contribution in [2.45, 2.75) is 19.6 Å². The van der Waals surface area contributed by atoms with Gasteiger partial charge < -0.3 is 4.21 Å². The van der Waals surface area contributed by atoms with Gasteiger partial charge in [0, 0.05) is 0 Å². The lowest BCUT2D eigenvalue weighted by Gasteiger charge is -2.23. The Kier molecular flexibility index (Phi) is 4.67. The van der Waals surface area contributed by atoms with E-state index in [2.05, 4.69) is 0 Å². The van der Waals surface area contributed by atoms with Crippen molar-refractivity contribution < 1.29 is 8.78 Å². The Bertz CT molecular complexity index is 160. The van der Waals surface area contributed by atoms with Gasteiger partial charge in [0.25, 0.3) is 0 Å². The van der Waals surface area contributed by atoms with Crippen molar-refractivity contribution in [2.75, 3.05) is 11.2 Å². The summed E-state index contributed by atoms with van der Waals surface area (Å²) in [6.45, 7) is 5.87. The highest BCUT2D eigenvalue weighted by Crippen LogP contribution is 2.50. The first-order valence-electron chi connectivity index (χ1n) is 3.24. The van der Waals surface area contributed by atoms with Crippen LogP contribution in [0.15, 0.2) is 0 Å². The van der Waals surface area contributed by atoms with Crippen LogP contribution < -0.4 is 0 Å². The lowest BCUT2D eigenvalue weighted by Crippen LogP contribution is -2.24. The molecule has 0 aromatic carbocycles. The van der Waals surface area contributed by atoms with Crippen LogP contribution in [0.2, 0.25) is 19.6 Å². The first-order valence-corrected chi connectivity index (χ1v) is 9.71. The molecule has 0 spiro atoms. The van der Waals surface area contributed by atoms with Crippen molar-refractivity contribution in [3.8, 4) is 0 Å². The molecule has 0 unspecified atom stereocenters. The van der Waals surface area contributed by atoms with Gasteiger partial charge >= 0.3 is 0 Å². The summed E-state index contributed by atoms with van der Waals surface area (Å²) in [4.78, 5) is 0. The van der Waals surface area contributed by atoms with E-state index in [9.17, 15) is 4.57 Å². The molecule has 0 bridgehead atoms. The number of alkyl halides is 2. The molecule has 2 nitrogen and oxygen atoms in total. The van der Waals surface area contributed by atoms with Gasteiger partial charge in [-0.3, -0.25) is 4.57 Å². The Labute approximate surface area is 78.8 Å². The fourth-order valence-corrected chi connectivity index (χ4v) is 6.67. The highest BCUT2D eigenvalue weighted by Gasteiger charge is 2.28. The fourth-order valence-electron chi connectivity index (χ4n) is 0.580. The van der Waals surface area contributed by atoms with Gasteiger partial charge in [-0.2, -0.15) is 0 Å². The summed E-state index contributed by atoms with van der Waals surface area (Å²) < 4.78 is 16.9. The van der Waals surface area contributed by atoms with Crippen LogP contribution in [0.4, 0.5) is 0 Å². The maximum atomic E-state index is 11.5. The smallest absolute Gasteiger partial charge is 0.222 e. The van der Waals surface area contributed by atoms with Gasteiger partial charge in [0.2, 0.25) is 7.37 Å². The largest absolute Gasteiger partial charge is 0.369 e. The molecule has 0 saturated carbocycles. The summed E-state index contributed by atoms with van der Waals surface area (Å²) in [5, 5.41) is 0. The van der Waals surface area contributed by atoms with Gasteiger partial charge in [-0.1, -0.05) is 0 Å². The Morgan fingerprint density at radius 3 is 1.73 bits per heavy atom. The van der Waals surface area contributed by atoms with Crippen molar-refractivity contribution in [3.63, 3.8) is 0 Å². The maximum absolute atomic E-state index is 11.5. The van der Waals surface area contributed by atoms with E-state index in [-0.39, 0.29) is 11.2 Å². The van der Waals surface area contributed by atoms with Crippen molar-refractivity contribution in [3.05, 3.63) is 0 Å². The summed E-state index contributed by atoms with van der Waals surface area (Å²) in [5.74, 6) is 0. The number of hydrogen-bond acceptors (Lipinski definition) is 2. The van der Waals surface area contributed by atoms with Crippen LogP contribution in [-0.4, -0.2) is 19.6 Å². The lowest BCUT2D eigenvalue weighted by atomic mass is 11.8. The highest BCUT2D eigenvalue weighted by molar-refractivity contribution is 7.63. The first-order chi connectivity index (χ1) is 4.83. The quantitative estimate of drug-likeness (QED) is 0.423. The molecule has 0 aliphatic heterocycles. The molecule has 0 aromatic heterocycles. The van der Waals surface area contributed by atoms with E-state index in [0.29, 0.717) is 0 Å². The molecule has 68 valence electrons. The molecule has 0 atom stereocenters. The normalized spacial score (nSPS) is 13.5. The minimum Gasteiger partial charge on any atom is -0.369 e. The average molecular weight is 235 g/mol. The Hall–Kier alpha value is 0.987. The SMILES string of the molecule is C[Si](C)(C)OP(=O)(CCl)CCl. The highest BCUT2D eigenvalue weighted by atomic mass is 35.5. The predicted octanol–water partition coefficient (Wildman–Crippen LogP) is 3.51. The molecule has 0 rings (SSSR count). The monoisotopic (exact) mass is 234 g/mol. The lowest BCUT2D eigenvalue weighted by molar-refractivity contribution is 0.490. The van der Waals surface area contributed by atoms with Crippen LogP contribution in [-0.2, 0) is 8.78 Å². The van der Waals surface area contributed by atoms with E-state index in [0.717, 1.165) is 0 Å². The molecule has 0 heterocycles. The summed E-state index contributed by atoms with van der Waals surface area (Å²) in [7, 11) is -4.48. The molecule has 0 fully saturated rings. The van der Waals surface area contributed by atoms with Gasteiger partial charge in [0.15, 0.2) is 8.32 Å². The average Bonchev–Trinajstić information content (AvgIpc) is 1.84. The molecule has 0 N–H and O–H groups in total. The van der Waals surface area contributed by atoms with Crippen molar-refractivity contribution in [1.82, 2.24) is 0 Å². The van der Waals surface area contributed by atoms with Crippen LogP contribution in [0.5, 0.6) is 0 Å². The van der Waals surface area contributed by atoms with Crippen LogP contribution in [0.25, 0.3) is 0 Å². The molecule has 6 heteroatoms. The summed E-state index contributed by atoms with van der Waals surface area (Å²) in [5.41, 5.74) is 0.0293. The summed E-state index contributed by atoms with van der Waals surface area (Å²) >= 11 is 10.9.